The molecular formula is C13H17ClN2O5S. The number of rotatable bonds is 8. The van der Waals surface area contributed by atoms with Crippen LogP contribution in [0.3, 0.4) is 0 Å². The molecule has 3 N–H and O–H groups in total. The molecule has 22 heavy (non-hydrogen) atoms. The highest BCUT2D eigenvalue weighted by molar-refractivity contribution is 7.91. The fourth-order valence-corrected chi connectivity index (χ4v) is 2.85. The molecule has 122 valence electrons. The van der Waals surface area contributed by atoms with Gasteiger partial charge in [0.15, 0.2) is 9.84 Å². The van der Waals surface area contributed by atoms with Gasteiger partial charge in [-0.15, -0.1) is 0 Å². The SMILES string of the molecule is O=C(O)CCCNC(=O)NCCS(=O)(=O)c1ccc(Cl)cc1. The molecule has 7 nitrogen and oxygen atoms in total. The van der Waals surface area contributed by atoms with Gasteiger partial charge in [0.05, 0.1) is 10.6 Å². The van der Waals surface area contributed by atoms with Crippen LogP contribution in [0.2, 0.25) is 5.02 Å². The molecule has 0 spiro atoms. The second kappa shape index (κ2) is 8.60. The van der Waals surface area contributed by atoms with E-state index in [9.17, 15) is 18.0 Å². The number of amides is 2. The van der Waals surface area contributed by atoms with Crippen LogP contribution in [0.4, 0.5) is 4.79 Å². The van der Waals surface area contributed by atoms with E-state index in [1.54, 1.807) is 0 Å². The van der Waals surface area contributed by atoms with Gasteiger partial charge < -0.3 is 15.7 Å². The molecule has 0 saturated carbocycles. The van der Waals surface area contributed by atoms with E-state index < -0.39 is 21.8 Å². The molecule has 0 unspecified atom stereocenters. The van der Waals surface area contributed by atoms with Gasteiger partial charge in [0.2, 0.25) is 0 Å². The van der Waals surface area contributed by atoms with Crippen molar-refractivity contribution in [1.82, 2.24) is 10.6 Å². The second-order valence-corrected chi connectivity index (χ2v) is 7.00. The second-order valence-electron chi connectivity index (χ2n) is 4.45. The lowest BCUT2D eigenvalue weighted by Gasteiger charge is -2.08. The van der Waals surface area contributed by atoms with E-state index >= 15 is 0 Å². The summed E-state index contributed by atoms with van der Waals surface area (Å²) < 4.78 is 24.0. The number of carbonyl (C=O) groups is 2. The van der Waals surface area contributed by atoms with Crippen molar-refractivity contribution in [3.63, 3.8) is 0 Å². The molecule has 0 aliphatic rings. The standard InChI is InChI=1S/C13H17ClN2O5S/c14-10-3-5-11(6-4-10)22(20,21)9-8-16-13(19)15-7-1-2-12(17)18/h3-6H,1-2,7-9H2,(H,17,18)(H2,15,16,19). The van der Waals surface area contributed by atoms with E-state index in [-0.39, 0.29) is 30.2 Å². The molecular weight excluding hydrogens is 332 g/mol. The Morgan fingerprint density at radius 3 is 2.27 bits per heavy atom. The number of nitrogens with one attached hydrogen (secondary N) is 2. The topological polar surface area (TPSA) is 113 Å². The van der Waals surface area contributed by atoms with Crippen molar-refractivity contribution in [2.45, 2.75) is 17.7 Å². The van der Waals surface area contributed by atoms with E-state index in [1.165, 1.54) is 24.3 Å². The lowest BCUT2D eigenvalue weighted by molar-refractivity contribution is -0.137. The molecule has 0 bridgehead atoms. The normalized spacial score (nSPS) is 11.0. The molecule has 1 rings (SSSR count). The predicted molar refractivity (Wildman–Crippen MR) is 81.8 cm³/mol. The molecule has 0 radical (unpaired) electrons. The first-order valence-corrected chi connectivity index (χ1v) is 8.56. The Morgan fingerprint density at radius 1 is 1.09 bits per heavy atom. The third-order valence-corrected chi connectivity index (χ3v) is 4.67. The van der Waals surface area contributed by atoms with Crippen molar-refractivity contribution in [3.05, 3.63) is 29.3 Å². The Hall–Kier alpha value is -1.80. The Morgan fingerprint density at radius 2 is 1.68 bits per heavy atom. The van der Waals surface area contributed by atoms with Crippen LogP contribution < -0.4 is 10.6 Å². The van der Waals surface area contributed by atoms with Gasteiger partial charge in [-0.1, -0.05) is 11.6 Å². The third kappa shape index (κ3) is 6.77. The number of hydrogen-bond acceptors (Lipinski definition) is 4. The minimum atomic E-state index is -3.49. The van der Waals surface area contributed by atoms with Crippen LogP contribution in [0.5, 0.6) is 0 Å². The highest BCUT2D eigenvalue weighted by Gasteiger charge is 2.14. The summed E-state index contributed by atoms with van der Waals surface area (Å²) in [6.07, 6.45) is 0.275. The van der Waals surface area contributed by atoms with Gasteiger partial charge in [-0.2, -0.15) is 0 Å². The zero-order valence-corrected chi connectivity index (χ0v) is 13.3. The van der Waals surface area contributed by atoms with Crippen LogP contribution in [-0.4, -0.2) is 44.4 Å². The molecule has 0 heterocycles. The lowest BCUT2D eigenvalue weighted by Crippen LogP contribution is -2.38. The fourth-order valence-electron chi connectivity index (χ4n) is 1.56. The van der Waals surface area contributed by atoms with Gasteiger partial charge in [0.1, 0.15) is 0 Å². The first kappa shape index (κ1) is 18.2. The zero-order valence-electron chi connectivity index (χ0n) is 11.7. The lowest BCUT2D eigenvalue weighted by atomic mass is 10.3. The molecule has 0 aliphatic carbocycles. The van der Waals surface area contributed by atoms with Crippen molar-refractivity contribution < 1.29 is 23.1 Å². The Balaban J connectivity index is 2.32. The number of hydrogen-bond donors (Lipinski definition) is 3. The summed E-state index contributed by atoms with van der Waals surface area (Å²) in [6.45, 7) is 0.164. The maximum Gasteiger partial charge on any atom is 0.314 e. The van der Waals surface area contributed by atoms with Crippen molar-refractivity contribution in [1.29, 1.82) is 0 Å². The Labute approximate surface area is 133 Å². The minimum absolute atomic E-state index is 0.0365. The molecule has 0 atom stereocenters. The van der Waals surface area contributed by atoms with E-state index in [2.05, 4.69) is 10.6 Å². The summed E-state index contributed by atoms with van der Waals surface area (Å²) in [5, 5.41) is 13.7. The molecule has 2 amide bonds. The number of urea groups is 1. The van der Waals surface area contributed by atoms with Crippen molar-refractivity contribution >= 4 is 33.4 Å². The molecule has 1 aromatic rings. The Kier molecular flexibility index (Phi) is 7.13. The summed E-state index contributed by atoms with van der Waals surface area (Å²) in [5.41, 5.74) is 0. The number of carboxylic acids is 1. The van der Waals surface area contributed by atoms with Crippen LogP contribution in [0.25, 0.3) is 0 Å². The maximum absolute atomic E-state index is 12.0. The number of carboxylic acid groups (broad SMARTS) is 1. The number of halogens is 1. The smallest absolute Gasteiger partial charge is 0.314 e. The van der Waals surface area contributed by atoms with Gasteiger partial charge in [-0.3, -0.25) is 4.79 Å². The number of aliphatic carboxylic acids is 1. The van der Waals surface area contributed by atoms with E-state index in [0.717, 1.165) is 0 Å². The summed E-state index contributed by atoms with van der Waals surface area (Å²) in [7, 11) is -3.49. The Bertz CT molecular complexity index is 616. The molecule has 0 fully saturated rings. The number of sulfone groups is 1. The van der Waals surface area contributed by atoms with Crippen LogP contribution in [-0.2, 0) is 14.6 Å². The molecule has 0 aliphatic heterocycles. The van der Waals surface area contributed by atoms with Gasteiger partial charge >= 0.3 is 12.0 Å². The molecule has 1 aromatic carbocycles. The quantitative estimate of drug-likeness (QED) is 0.612. The summed E-state index contributed by atoms with van der Waals surface area (Å²) in [4.78, 5) is 21.8. The number of benzene rings is 1. The average molecular weight is 349 g/mol. The van der Waals surface area contributed by atoms with Gasteiger partial charge in [-0.05, 0) is 30.7 Å². The molecule has 0 saturated heterocycles. The summed E-state index contributed by atoms with van der Waals surface area (Å²) in [5.74, 6) is -1.17. The number of carbonyl (C=O) groups excluding carboxylic acids is 1. The van der Waals surface area contributed by atoms with Crippen molar-refractivity contribution in [2.24, 2.45) is 0 Å². The van der Waals surface area contributed by atoms with Crippen LogP contribution in [0.15, 0.2) is 29.2 Å². The first-order valence-electron chi connectivity index (χ1n) is 6.53. The van der Waals surface area contributed by atoms with Gasteiger partial charge in [0.25, 0.3) is 0 Å². The predicted octanol–water partition coefficient (Wildman–Crippen LogP) is 1.28. The largest absolute Gasteiger partial charge is 0.481 e. The molecule has 9 heteroatoms. The van der Waals surface area contributed by atoms with E-state index in [1.807, 2.05) is 0 Å². The molecule has 0 aromatic heterocycles. The summed E-state index contributed by atoms with van der Waals surface area (Å²) >= 11 is 5.69. The minimum Gasteiger partial charge on any atom is -0.481 e. The van der Waals surface area contributed by atoms with Crippen LogP contribution in [0.1, 0.15) is 12.8 Å². The average Bonchev–Trinajstić information content (AvgIpc) is 2.43. The first-order chi connectivity index (χ1) is 10.3. The van der Waals surface area contributed by atoms with Crippen molar-refractivity contribution in [3.8, 4) is 0 Å². The highest BCUT2D eigenvalue weighted by atomic mass is 35.5. The fraction of sp³-hybridized carbons (Fsp3) is 0.385. The zero-order chi connectivity index (χ0) is 16.6. The van der Waals surface area contributed by atoms with Crippen molar-refractivity contribution in [2.75, 3.05) is 18.8 Å². The maximum atomic E-state index is 12.0. The summed E-state index contributed by atoms with van der Waals surface area (Å²) in [6, 6.07) is 5.25. The van der Waals surface area contributed by atoms with E-state index in [0.29, 0.717) is 11.4 Å². The highest BCUT2D eigenvalue weighted by Crippen LogP contribution is 2.14. The van der Waals surface area contributed by atoms with Gasteiger partial charge in [0, 0.05) is 24.5 Å². The third-order valence-electron chi connectivity index (χ3n) is 2.68. The van der Waals surface area contributed by atoms with Crippen LogP contribution >= 0.6 is 11.6 Å². The van der Waals surface area contributed by atoms with Gasteiger partial charge in [-0.25, -0.2) is 13.2 Å². The monoisotopic (exact) mass is 348 g/mol. The van der Waals surface area contributed by atoms with E-state index in [4.69, 9.17) is 16.7 Å². The van der Waals surface area contributed by atoms with Crippen LogP contribution in [0, 0.1) is 0 Å².